The molecule has 0 saturated heterocycles. The van der Waals surface area contributed by atoms with E-state index in [4.69, 9.17) is 5.26 Å². The summed E-state index contributed by atoms with van der Waals surface area (Å²) < 4.78 is 13.5. The van der Waals surface area contributed by atoms with E-state index < -0.39 is 0 Å². The molecule has 1 aliphatic carbocycles. The molecule has 1 N–H and O–H groups in total. The fraction of sp³-hybridized carbons (Fsp3) is 0.500. The lowest BCUT2D eigenvalue weighted by atomic mass is 10.0. The molecule has 0 unspecified atom stereocenters. The smallest absolute Gasteiger partial charge is 0.127 e. The van der Waals surface area contributed by atoms with Gasteiger partial charge in [-0.2, -0.15) is 5.26 Å². The summed E-state index contributed by atoms with van der Waals surface area (Å²) in [6, 6.07) is 9.05. The van der Waals surface area contributed by atoms with Crippen LogP contribution in [0.25, 0.3) is 0 Å². The molecule has 2 nitrogen and oxygen atoms in total. The molecule has 0 aromatic heterocycles. The molecule has 0 aliphatic heterocycles. The Morgan fingerprint density at radius 1 is 1.47 bits per heavy atom. The SMILES string of the molecule is C[C@@H](NCC1(CC#N)CC1)c1ccccc1F. The van der Waals surface area contributed by atoms with Crippen molar-refractivity contribution in [2.24, 2.45) is 5.41 Å². The van der Waals surface area contributed by atoms with E-state index in [0.717, 1.165) is 19.4 Å². The summed E-state index contributed by atoms with van der Waals surface area (Å²) in [5, 5.41) is 12.1. The number of hydrogen-bond acceptors (Lipinski definition) is 2. The average Bonchev–Trinajstić information content (AvgIpc) is 3.08. The van der Waals surface area contributed by atoms with Crippen molar-refractivity contribution < 1.29 is 4.39 Å². The van der Waals surface area contributed by atoms with Crippen LogP contribution in [0.15, 0.2) is 24.3 Å². The highest BCUT2D eigenvalue weighted by molar-refractivity contribution is 5.20. The standard InChI is InChI=1S/C14H17FN2/c1-11(12-4-2-3-5-13(12)15)17-10-14(6-7-14)8-9-16/h2-5,11,17H,6-8,10H2,1H3/t11-/m1/s1. The maximum Gasteiger partial charge on any atom is 0.127 e. The third-order valence-electron chi connectivity index (χ3n) is 3.57. The van der Waals surface area contributed by atoms with Gasteiger partial charge in [-0.25, -0.2) is 4.39 Å². The van der Waals surface area contributed by atoms with Crippen LogP contribution < -0.4 is 5.32 Å². The summed E-state index contributed by atoms with van der Waals surface area (Å²) >= 11 is 0. The molecule has 1 aromatic rings. The van der Waals surface area contributed by atoms with Crippen LogP contribution in [0.2, 0.25) is 0 Å². The van der Waals surface area contributed by atoms with Gasteiger partial charge in [0.15, 0.2) is 0 Å². The van der Waals surface area contributed by atoms with E-state index in [9.17, 15) is 4.39 Å². The predicted octanol–water partition coefficient (Wildman–Crippen LogP) is 3.17. The molecule has 3 heteroatoms. The predicted molar refractivity (Wildman–Crippen MR) is 64.7 cm³/mol. The van der Waals surface area contributed by atoms with Crippen molar-refractivity contribution in [3.05, 3.63) is 35.6 Å². The van der Waals surface area contributed by atoms with E-state index in [1.807, 2.05) is 13.0 Å². The van der Waals surface area contributed by atoms with Crippen LogP contribution in [0.1, 0.15) is 37.8 Å². The number of rotatable bonds is 5. The van der Waals surface area contributed by atoms with Crippen molar-refractivity contribution in [3.8, 4) is 6.07 Å². The van der Waals surface area contributed by atoms with Crippen LogP contribution in [0.4, 0.5) is 4.39 Å². The lowest BCUT2D eigenvalue weighted by Crippen LogP contribution is -2.27. The van der Waals surface area contributed by atoms with Crippen LogP contribution in [-0.4, -0.2) is 6.54 Å². The monoisotopic (exact) mass is 232 g/mol. The van der Waals surface area contributed by atoms with Crippen molar-refractivity contribution in [2.75, 3.05) is 6.54 Å². The third-order valence-corrected chi connectivity index (χ3v) is 3.57. The molecule has 0 heterocycles. The second kappa shape index (κ2) is 4.85. The Hall–Kier alpha value is -1.40. The van der Waals surface area contributed by atoms with Gasteiger partial charge in [0.25, 0.3) is 0 Å². The zero-order chi connectivity index (χ0) is 12.3. The van der Waals surface area contributed by atoms with E-state index in [-0.39, 0.29) is 17.3 Å². The largest absolute Gasteiger partial charge is 0.310 e. The van der Waals surface area contributed by atoms with Crippen LogP contribution >= 0.6 is 0 Å². The van der Waals surface area contributed by atoms with Crippen molar-refractivity contribution in [1.29, 1.82) is 5.26 Å². The van der Waals surface area contributed by atoms with Gasteiger partial charge in [-0.1, -0.05) is 18.2 Å². The van der Waals surface area contributed by atoms with Gasteiger partial charge in [-0.15, -0.1) is 0 Å². The van der Waals surface area contributed by atoms with Crippen LogP contribution in [0, 0.1) is 22.6 Å². The van der Waals surface area contributed by atoms with Gasteiger partial charge >= 0.3 is 0 Å². The van der Waals surface area contributed by atoms with E-state index in [1.165, 1.54) is 6.07 Å². The van der Waals surface area contributed by atoms with Crippen molar-refractivity contribution in [1.82, 2.24) is 5.32 Å². The fourth-order valence-electron chi connectivity index (χ4n) is 2.07. The fourth-order valence-corrected chi connectivity index (χ4v) is 2.07. The van der Waals surface area contributed by atoms with Gasteiger partial charge in [-0.3, -0.25) is 0 Å². The molecule has 17 heavy (non-hydrogen) atoms. The molecule has 90 valence electrons. The van der Waals surface area contributed by atoms with Crippen LogP contribution in [0.5, 0.6) is 0 Å². The minimum Gasteiger partial charge on any atom is -0.310 e. The lowest BCUT2D eigenvalue weighted by molar-refractivity contribution is 0.425. The summed E-state index contributed by atoms with van der Waals surface area (Å²) in [6.45, 7) is 2.76. The van der Waals surface area contributed by atoms with Gasteiger partial charge in [0, 0.05) is 24.6 Å². The first-order valence-corrected chi connectivity index (χ1v) is 6.02. The molecule has 1 aliphatic rings. The normalized spacial score (nSPS) is 18.4. The Labute approximate surface area is 101 Å². The number of halogens is 1. The van der Waals surface area contributed by atoms with E-state index in [2.05, 4.69) is 11.4 Å². The molecule has 0 spiro atoms. The highest BCUT2D eigenvalue weighted by Gasteiger charge is 2.42. The minimum absolute atomic E-state index is 0.00707. The van der Waals surface area contributed by atoms with E-state index >= 15 is 0 Å². The van der Waals surface area contributed by atoms with Gasteiger partial charge in [0.2, 0.25) is 0 Å². The molecule has 1 atom stereocenters. The first-order chi connectivity index (χ1) is 8.17. The zero-order valence-corrected chi connectivity index (χ0v) is 10.0. The number of nitrogens with one attached hydrogen (secondary N) is 1. The maximum atomic E-state index is 13.5. The maximum absolute atomic E-state index is 13.5. The first kappa shape index (κ1) is 12.1. The third kappa shape index (κ3) is 2.83. The number of benzene rings is 1. The van der Waals surface area contributed by atoms with Crippen molar-refractivity contribution in [2.45, 2.75) is 32.2 Å². The molecule has 1 fully saturated rings. The topological polar surface area (TPSA) is 35.8 Å². The molecule has 0 radical (unpaired) electrons. The second-order valence-electron chi connectivity index (χ2n) is 4.96. The average molecular weight is 232 g/mol. The molecule has 1 saturated carbocycles. The summed E-state index contributed by atoms with van der Waals surface area (Å²) in [4.78, 5) is 0. The van der Waals surface area contributed by atoms with Crippen molar-refractivity contribution >= 4 is 0 Å². The summed E-state index contributed by atoms with van der Waals surface area (Å²) in [6.07, 6.45) is 2.82. The Balaban J connectivity index is 1.92. The minimum atomic E-state index is -0.169. The van der Waals surface area contributed by atoms with Crippen LogP contribution in [-0.2, 0) is 0 Å². The molecule has 2 rings (SSSR count). The summed E-state index contributed by atoms with van der Waals surface area (Å²) in [5.74, 6) is -0.169. The lowest BCUT2D eigenvalue weighted by Gasteiger charge is -2.18. The number of nitrogens with zero attached hydrogens (tertiary/aromatic N) is 1. The van der Waals surface area contributed by atoms with Gasteiger partial charge in [0.05, 0.1) is 6.07 Å². The number of nitriles is 1. The second-order valence-corrected chi connectivity index (χ2v) is 4.96. The Morgan fingerprint density at radius 3 is 2.76 bits per heavy atom. The Bertz CT molecular complexity index is 432. The van der Waals surface area contributed by atoms with Gasteiger partial charge in [-0.05, 0) is 31.2 Å². The zero-order valence-electron chi connectivity index (χ0n) is 10.0. The van der Waals surface area contributed by atoms with Crippen LogP contribution in [0.3, 0.4) is 0 Å². The summed E-state index contributed by atoms with van der Waals surface area (Å²) in [7, 11) is 0. The van der Waals surface area contributed by atoms with Crippen molar-refractivity contribution in [3.63, 3.8) is 0 Å². The molecule has 0 amide bonds. The first-order valence-electron chi connectivity index (χ1n) is 6.02. The Morgan fingerprint density at radius 2 is 2.18 bits per heavy atom. The number of hydrogen-bond donors (Lipinski definition) is 1. The highest BCUT2D eigenvalue weighted by atomic mass is 19.1. The van der Waals surface area contributed by atoms with Gasteiger partial charge < -0.3 is 5.32 Å². The Kier molecular flexibility index (Phi) is 3.44. The van der Waals surface area contributed by atoms with Gasteiger partial charge in [0.1, 0.15) is 5.82 Å². The molecule has 1 aromatic carbocycles. The summed E-state index contributed by atoms with van der Waals surface area (Å²) in [5.41, 5.74) is 0.856. The highest BCUT2D eigenvalue weighted by Crippen LogP contribution is 2.48. The van der Waals surface area contributed by atoms with E-state index in [1.54, 1.807) is 12.1 Å². The molecule has 0 bridgehead atoms. The quantitative estimate of drug-likeness (QED) is 0.846. The molecular formula is C14H17FN2. The van der Waals surface area contributed by atoms with E-state index in [0.29, 0.717) is 12.0 Å². The molecular weight excluding hydrogens is 215 g/mol.